The van der Waals surface area contributed by atoms with Gasteiger partial charge in [0.15, 0.2) is 0 Å². The fourth-order valence-electron chi connectivity index (χ4n) is 12.5. The van der Waals surface area contributed by atoms with Gasteiger partial charge in [-0.25, -0.2) is 0 Å². The molecule has 0 amide bonds. The zero-order valence-electron chi connectivity index (χ0n) is 55.3. The van der Waals surface area contributed by atoms with Crippen molar-refractivity contribution in [3.63, 3.8) is 0 Å². The summed E-state index contributed by atoms with van der Waals surface area (Å²) in [5.41, 5.74) is 22.1. The van der Waals surface area contributed by atoms with Crippen LogP contribution >= 0.6 is 0 Å². The summed E-state index contributed by atoms with van der Waals surface area (Å²) in [7, 11) is 7.34. The van der Waals surface area contributed by atoms with E-state index in [0.29, 0.717) is 51.7 Å². The number of ether oxygens (including phenoxy) is 6. The minimum absolute atomic E-state index is 0.163. The van der Waals surface area contributed by atoms with E-state index in [2.05, 4.69) is 222 Å². The molecule has 6 heteroatoms. The lowest BCUT2D eigenvalue weighted by Crippen LogP contribution is -2.17. The smallest absolute Gasteiger partial charge is 0.126 e. The van der Waals surface area contributed by atoms with Crippen LogP contribution in [0.2, 0.25) is 0 Å². The van der Waals surface area contributed by atoms with E-state index in [1.54, 1.807) is 0 Å². The minimum Gasteiger partial charge on any atom is -0.496 e. The molecule has 9 rings (SSSR count). The molecular weight excluding hydrogens is 1030 g/mol. The molecule has 0 saturated heterocycles. The number of fused-ring (bicyclic) bond motifs is 9. The summed E-state index contributed by atoms with van der Waals surface area (Å²) in [6.07, 6.45) is 3.57. The van der Waals surface area contributed by atoms with Crippen LogP contribution in [0.25, 0.3) is 0 Å². The zero-order chi connectivity index (χ0) is 61.2. The average molecular weight is 1130 g/mol. The molecule has 7 aromatic rings. The average Bonchev–Trinajstić information content (AvgIpc) is 2.82. The quantitative estimate of drug-likeness (QED) is 0.175. The van der Waals surface area contributed by atoms with Gasteiger partial charge in [-0.2, -0.15) is 0 Å². The molecule has 0 atom stereocenters. The van der Waals surface area contributed by atoms with Crippen molar-refractivity contribution in [1.29, 1.82) is 0 Å². The van der Waals surface area contributed by atoms with Crippen molar-refractivity contribution in [1.82, 2.24) is 0 Å². The van der Waals surface area contributed by atoms with E-state index in [0.717, 1.165) is 112 Å². The number of benzene rings is 7. The Morgan fingerprint density at radius 3 is 0.595 bits per heavy atom. The molecule has 1 aliphatic carbocycles. The highest BCUT2D eigenvalue weighted by atomic mass is 16.5. The predicted molar refractivity (Wildman–Crippen MR) is 349 cm³/mol. The summed E-state index contributed by atoms with van der Waals surface area (Å²) in [5, 5.41) is 0. The Labute approximate surface area is 506 Å². The maximum atomic E-state index is 7.39. The fourth-order valence-corrected chi connectivity index (χ4v) is 12.5. The van der Waals surface area contributed by atoms with E-state index < -0.39 is 0 Å². The normalized spacial score (nSPS) is 14.4. The molecule has 0 fully saturated rings. The fraction of sp³-hybridized carbons (Fsp3) is 0.462. The van der Waals surface area contributed by atoms with Crippen LogP contribution in [0.15, 0.2) is 97.1 Å². The van der Waals surface area contributed by atoms with Gasteiger partial charge in [-0.05, 0) is 144 Å². The van der Waals surface area contributed by atoms with Crippen molar-refractivity contribution in [3.8, 4) is 34.5 Å². The van der Waals surface area contributed by atoms with Crippen LogP contribution in [-0.2, 0) is 84.2 Å². The van der Waals surface area contributed by atoms with Crippen LogP contribution < -0.4 is 28.4 Å². The van der Waals surface area contributed by atoms with Crippen LogP contribution in [0.5, 0.6) is 34.5 Å². The van der Waals surface area contributed by atoms with Gasteiger partial charge >= 0.3 is 0 Å². The highest BCUT2D eigenvalue weighted by Gasteiger charge is 2.31. The Morgan fingerprint density at radius 2 is 0.417 bits per heavy atom. The number of methoxy groups -OCH3 is 4. The first-order valence-corrected chi connectivity index (χ1v) is 30.6. The monoisotopic (exact) mass is 1130 g/mol. The van der Waals surface area contributed by atoms with E-state index in [1.807, 2.05) is 28.4 Å². The maximum Gasteiger partial charge on any atom is 0.126 e. The van der Waals surface area contributed by atoms with Gasteiger partial charge in [0.1, 0.15) is 47.7 Å². The van der Waals surface area contributed by atoms with Gasteiger partial charge in [0.2, 0.25) is 0 Å². The van der Waals surface area contributed by atoms with E-state index in [9.17, 15) is 0 Å². The molecule has 446 valence electrons. The summed E-state index contributed by atoms with van der Waals surface area (Å²) < 4.78 is 41.6. The molecule has 1 aliphatic heterocycles. The van der Waals surface area contributed by atoms with Gasteiger partial charge in [-0.15, -0.1) is 0 Å². The first-order chi connectivity index (χ1) is 39.2. The SMILES string of the molecule is COc1c2cc(C(C)(C)C)cc1Cc1cc(C(C)(C)C)cc(c1OC)Cc1cc(C(C)(C)C)cc3c1OCc1ccccc1COc1c(cc(C(C)(C)C)cc1C3)Cc1cc(C(C)(C)C)cc(c1OC)Cc1cc(C(C)(C)C)cc(c1OC)C2. The topological polar surface area (TPSA) is 55.4 Å². The van der Waals surface area contributed by atoms with Crippen molar-refractivity contribution >= 4 is 0 Å². The van der Waals surface area contributed by atoms with E-state index in [4.69, 9.17) is 28.4 Å². The summed E-state index contributed by atoms with van der Waals surface area (Å²) in [5.74, 6) is 5.36. The molecule has 0 spiro atoms. The van der Waals surface area contributed by atoms with Crippen molar-refractivity contribution in [2.75, 3.05) is 28.4 Å². The second-order valence-corrected chi connectivity index (χ2v) is 30.5. The van der Waals surface area contributed by atoms with Gasteiger partial charge in [-0.3, -0.25) is 0 Å². The third-order valence-corrected chi connectivity index (χ3v) is 17.6. The number of hydrogen-bond acceptors (Lipinski definition) is 6. The molecule has 2 aliphatic rings. The lowest BCUT2D eigenvalue weighted by atomic mass is 9.79. The third kappa shape index (κ3) is 13.1. The third-order valence-electron chi connectivity index (χ3n) is 17.6. The van der Waals surface area contributed by atoms with Crippen molar-refractivity contribution in [2.24, 2.45) is 0 Å². The molecule has 0 saturated carbocycles. The van der Waals surface area contributed by atoms with E-state index in [-0.39, 0.29) is 32.5 Å². The highest BCUT2D eigenvalue weighted by molar-refractivity contribution is 5.62. The molecule has 0 aromatic heterocycles. The maximum absolute atomic E-state index is 7.39. The van der Waals surface area contributed by atoms with Gasteiger partial charge < -0.3 is 28.4 Å². The summed E-state index contributed by atoms with van der Waals surface area (Å²) in [4.78, 5) is 0. The van der Waals surface area contributed by atoms with Gasteiger partial charge in [0.05, 0.1) is 28.4 Å². The van der Waals surface area contributed by atoms with Gasteiger partial charge in [0.25, 0.3) is 0 Å². The largest absolute Gasteiger partial charge is 0.496 e. The summed E-state index contributed by atoms with van der Waals surface area (Å²) in [6, 6.07) is 37.3. The van der Waals surface area contributed by atoms with Crippen LogP contribution in [0.1, 0.15) is 236 Å². The first kappa shape index (κ1) is 61.9. The van der Waals surface area contributed by atoms with Crippen LogP contribution in [0, 0.1) is 0 Å². The zero-order valence-corrected chi connectivity index (χ0v) is 55.3. The number of rotatable bonds is 4. The molecule has 1 heterocycles. The lowest BCUT2D eigenvalue weighted by Gasteiger charge is -2.28. The number of hydrogen-bond donors (Lipinski definition) is 0. The molecule has 84 heavy (non-hydrogen) atoms. The Kier molecular flexibility index (Phi) is 16.9. The Bertz CT molecular complexity index is 3370. The minimum atomic E-state index is -0.178. The molecular formula is C78H98O6. The first-order valence-electron chi connectivity index (χ1n) is 30.6. The van der Waals surface area contributed by atoms with E-state index in [1.165, 1.54) is 33.4 Å². The van der Waals surface area contributed by atoms with Gasteiger partial charge in [-0.1, -0.05) is 222 Å². The molecule has 14 bridgehead atoms. The Hall–Kier alpha value is -6.66. The standard InChI is InChI=1S/C78H98O6/c1-73(2,3)61-33-49-27-50-34-62(74(4,5)6)36-52(68(50)80-20)29-54-38-64(76(10,11)12)40-56(70(54)82-22)31-58-42-66(78(16,17)18)44-60-32-59-43-65(77(13,14)15)41-57(71(59)83-45-47-25-23-24-26-48(47)46-84-72(58)60)30-55-39-63(75(7,8)9)37-53(69(55)81-21)28-51(35-61)67(49)79-19/h23-26,33-44H,27-32,45-46H2,1-22H3. The van der Waals surface area contributed by atoms with Crippen LogP contribution in [-0.4, -0.2) is 28.4 Å². The van der Waals surface area contributed by atoms with Crippen LogP contribution in [0.3, 0.4) is 0 Å². The molecule has 0 unspecified atom stereocenters. The van der Waals surface area contributed by atoms with Crippen molar-refractivity contribution in [3.05, 3.63) is 208 Å². The van der Waals surface area contributed by atoms with E-state index >= 15 is 0 Å². The molecule has 0 radical (unpaired) electrons. The molecule has 7 aromatic carbocycles. The highest BCUT2D eigenvalue weighted by Crippen LogP contribution is 2.46. The van der Waals surface area contributed by atoms with Crippen molar-refractivity contribution < 1.29 is 28.4 Å². The molecule has 0 N–H and O–H groups in total. The summed E-state index contributed by atoms with van der Waals surface area (Å²) >= 11 is 0. The second kappa shape index (κ2) is 23.0. The van der Waals surface area contributed by atoms with Crippen molar-refractivity contribution in [2.45, 2.75) is 209 Å². The molecule has 6 nitrogen and oxygen atoms in total. The predicted octanol–water partition coefficient (Wildman–Crippen LogP) is 18.8. The Morgan fingerprint density at radius 1 is 0.250 bits per heavy atom. The summed E-state index contributed by atoms with van der Waals surface area (Å²) in [6.45, 7) is 42.5. The second-order valence-electron chi connectivity index (χ2n) is 30.5. The van der Waals surface area contributed by atoms with Crippen LogP contribution in [0.4, 0.5) is 0 Å². The Balaban J connectivity index is 1.44. The van der Waals surface area contributed by atoms with Gasteiger partial charge in [0, 0.05) is 38.5 Å². The lowest BCUT2D eigenvalue weighted by molar-refractivity contribution is 0.283.